The molecule has 0 N–H and O–H groups in total. The number of benzene rings is 1. The summed E-state index contributed by atoms with van der Waals surface area (Å²) in [4.78, 5) is 4.47. The molecule has 3 rings (SSSR count). The first-order valence-electron chi connectivity index (χ1n) is 9.46. The van der Waals surface area contributed by atoms with Gasteiger partial charge in [-0.3, -0.25) is 4.98 Å². The van der Waals surface area contributed by atoms with Crippen molar-refractivity contribution in [3.05, 3.63) is 53.5 Å². The Hall–Kier alpha value is -1.70. The van der Waals surface area contributed by atoms with Gasteiger partial charge in [0.15, 0.2) is 0 Å². The molecule has 1 aromatic heterocycles. The van der Waals surface area contributed by atoms with Gasteiger partial charge in [0.25, 0.3) is 0 Å². The SMILES string of the molecule is CCCC1CCC(c2ccc(-c3ccc(CC)cn3)cc2F)CC1. The third kappa shape index (κ3) is 3.85. The van der Waals surface area contributed by atoms with Gasteiger partial charge >= 0.3 is 0 Å². The summed E-state index contributed by atoms with van der Waals surface area (Å²) in [7, 11) is 0. The van der Waals surface area contributed by atoms with E-state index in [1.54, 1.807) is 6.07 Å². The van der Waals surface area contributed by atoms with Crippen molar-refractivity contribution in [2.24, 2.45) is 5.92 Å². The van der Waals surface area contributed by atoms with Gasteiger partial charge in [0.2, 0.25) is 0 Å². The van der Waals surface area contributed by atoms with E-state index in [0.717, 1.165) is 42.0 Å². The Labute approximate surface area is 145 Å². The van der Waals surface area contributed by atoms with Crippen LogP contribution in [0.2, 0.25) is 0 Å². The first-order chi connectivity index (χ1) is 11.7. The first-order valence-corrected chi connectivity index (χ1v) is 9.46. The lowest BCUT2D eigenvalue weighted by molar-refractivity contribution is 0.304. The number of aromatic nitrogens is 1. The van der Waals surface area contributed by atoms with Crippen LogP contribution >= 0.6 is 0 Å². The van der Waals surface area contributed by atoms with Gasteiger partial charge in [-0.25, -0.2) is 4.39 Å². The van der Waals surface area contributed by atoms with E-state index in [1.165, 1.54) is 31.2 Å². The van der Waals surface area contributed by atoms with E-state index >= 15 is 0 Å². The second-order valence-electron chi connectivity index (χ2n) is 7.15. The molecule has 2 heteroatoms. The molecular formula is C22H28FN. The fraction of sp³-hybridized carbons (Fsp3) is 0.500. The number of nitrogens with zero attached hydrogens (tertiary/aromatic N) is 1. The molecule has 0 saturated heterocycles. The lowest BCUT2D eigenvalue weighted by Crippen LogP contribution is -2.14. The summed E-state index contributed by atoms with van der Waals surface area (Å²) >= 11 is 0. The normalized spacial score (nSPS) is 21.0. The predicted octanol–water partition coefficient (Wildman–Crippen LogP) is 6.52. The molecule has 1 heterocycles. The molecule has 2 aromatic rings. The third-order valence-electron chi connectivity index (χ3n) is 5.51. The van der Waals surface area contributed by atoms with Gasteiger partial charge in [-0.1, -0.05) is 44.9 Å². The van der Waals surface area contributed by atoms with Gasteiger partial charge in [-0.2, -0.15) is 0 Å². The average molecular weight is 325 g/mol. The van der Waals surface area contributed by atoms with Crippen LogP contribution in [0, 0.1) is 11.7 Å². The van der Waals surface area contributed by atoms with Crippen molar-refractivity contribution in [1.82, 2.24) is 4.98 Å². The molecule has 0 amide bonds. The molecule has 0 bridgehead atoms. The molecule has 0 unspecified atom stereocenters. The number of hydrogen-bond acceptors (Lipinski definition) is 1. The Morgan fingerprint density at radius 3 is 2.42 bits per heavy atom. The van der Waals surface area contributed by atoms with E-state index in [9.17, 15) is 4.39 Å². The fourth-order valence-corrected chi connectivity index (χ4v) is 3.99. The molecule has 128 valence electrons. The van der Waals surface area contributed by atoms with Crippen molar-refractivity contribution in [1.29, 1.82) is 0 Å². The van der Waals surface area contributed by atoms with E-state index in [1.807, 2.05) is 24.4 Å². The standard InChI is InChI=1S/C22H28FN/c1-3-5-17-6-9-18(10-7-17)20-12-11-19(14-21(20)23)22-13-8-16(4-2)15-24-22/h8,11-15,17-18H,3-7,9-10H2,1-2H3. The topological polar surface area (TPSA) is 12.9 Å². The van der Waals surface area contributed by atoms with Crippen LogP contribution in [0.3, 0.4) is 0 Å². The highest BCUT2D eigenvalue weighted by Crippen LogP contribution is 2.39. The van der Waals surface area contributed by atoms with Gasteiger partial charge in [-0.15, -0.1) is 0 Å². The zero-order chi connectivity index (χ0) is 16.9. The lowest BCUT2D eigenvalue weighted by atomic mass is 9.77. The molecule has 1 saturated carbocycles. The van der Waals surface area contributed by atoms with Gasteiger partial charge in [-0.05, 0) is 67.2 Å². The number of pyridine rings is 1. The van der Waals surface area contributed by atoms with E-state index in [2.05, 4.69) is 24.9 Å². The molecule has 1 nitrogen and oxygen atoms in total. The quantitative estimate of drug-likeness (QED) is 0.609. The zero-order valence-corrected chi connectivity index (χ0v) is 14.9. The smallest absolute Gasteiger partial charge is 0.127 e. The first kappa shape index (κ1) is 17.1. The van der Waals surface area contributed by atoms with Gasteiger partial charge in [0.1, 0.15) is 5.82 Å². The van der Waals surface area contributed by atoms with Crippen molar-refractivity contribution in [2.75, 3.05) is 0 Å². The van der Waals surface area contributed by atoms with Crippen LogP contribution in [-0.4, -0.2) is 4.98 Å². The Morgan fingerprint density at radius 1 is 1.04 bits per heavy atom. The maximum atomic E-state index is 14.7. The summed E-state index contributed by atoms with van der Waals surface area (Å²) in [5, 5.41) is 0. The van der Waals surface area contributed by atoms with Crippen molar-refractivity contribution in [3.63, 3.8) is 0 Å². The lowest BCUT2D eigenvalue weighted by Gasteiger charge is -2.29. The number of halogens is 1. The van der Waals surface area contributed by atoms with Crippen LogP contribution in [0.4, 0.5) is 4.39 Å². The molecule has 1 aromatic carbocycles. The highest BCUT2D eigenvalue weighted by molar-refractivity contribution is 5.60. The van der Waals surface area contributed by atoms with Gasteiger partial charge in [0, 0.05) is 11.8 Å². The molecule has 1 aliphatic carbocycles. The third-order valence-corrected chi connectivity index (χ3v) is 5.51. The maximum Gasteiger partial charge on any atom is 0.127 e. The van der Waals surface area contributed by atoms with Gasteiger partial charge in [0.05, 0.1) is 5.69 Å². The summed E-state index contributed by atoms with van der Waals surface area (Å²) in [5.74, 6) is 1.19. The van der Waals surface area contributed by atoms with Crippen molar-refractivity contribution in [3.8, 4) is 11.3 Å². The summed E-state index contributed by atoms with van der Waals surface area (Å²) in [6, 6.07) is 9.75. The minimum atomic E-state index is -0.0622. The minimum absolute atomic E-state index is 0.0622. The Bertz CT molecular complexity index is 654. The predicted molar refractivity (Wildman–Crippen MR) is 98.6 cm³/mol. The highest BCUT2D eigenvalue weighted by Gasteiger charge is 2.24. The number of rotatable bonds is 5. The summed E-state index contributed by atoms with van der Waals surface area (Å²) in [5.41, 5.74) is 3.83. The summed E-state index contributed by atoms with van der Waals surface area (Å²) in [6.07, 6.45) is 10.2. The highest BCUT2D eigenvalue weighted by atomic mass is 19.1. The molecule has 24 heavy (non-hydrogen) atoms. The molecule has 0 atom stereocenters. The van der Waals surface area contributed by atoms with Crippen LogP contribution in [0.1, 0.15) is 69.4 Å². The summed E-state index contributed by atoms with van der Waals surface area (Å²) < 4.78 is 14.7. The van der Waals surface area contributed by atoms with Gasteiger partial charge < -0.3 is 0 Å². The monoisotopic (exact) mass is 325 g/mol. The number of hydrogen-bond donors (Lipinski definition) is 0. The fourth-order valence-electron chi connectivity index (χ4n) is 3.99. The molecule has 1 aliphatic rings. The number of aryl methyl sites for hydroxylation is 1. The molecule has 0 radical (unpaired) electrons. The maximum absolute atomic E-state index is 14.7. The van der Waals surface area contributed by atoms with E-state index in [-0.39, 0.29) is 5.82 Å². The van der Waals surface area contributed by atoms with Crippen LogP contribution in [-0.2, 0) is 6.42 Å². The molecular weight excluding hydrogens is 297 g/mol. The molecule has 0 aliphatic heterocycles. The van der Waals surface area contributed by atoms with E-state index < -0.39 is 0 Å². The second kappa shape index (κ2) is 7.92. The minimum Gasteiger partial charge on any atom is -0.256 e. The van der Waals surface area contributed by atoms with Crippen molar-refractivity contribution < 1.29 is 4.39 Å². The molecule has 0 spiro atoms. The summed E-state index contributed by atoms with van der Waals surface area (Å²) in [6.45, 7) is 4.37. The Kier molecular flexibility index (Phi) is 5.65. The van der Waals surface area contributed by atoms with Crippen molar-refractivity contribution in [2.45, 2.75) is 64.7 Å². The van der Waals surface area contributed by atoms with Crippen LogP contribution < -0.4 is 0 Å². The second-order valence-corrected chi connectivity index (χ2v) is 7.15. The van der Waals surface area contributed by atoms with E-state index in [4.69, 9.17) is 0 Å². The van der Waals surface area contributed by atoms with Crippen LogP contribution in [0.15, 0.2) is 36.5 Å². The largest absolute Gasteiger partial charge is 0.256 e. The Balaban J connectivity index is 1.73. The van der Waals surface area contributed by atoms with E-state index in [0.29, 0.717) is 5.92 Å². The van der Waals surface area contributed by atoms with Crippen LogP contribution in [0.5, 0.6) is 0 Å². The Morgan fingerprint density at radius 2 is 1.83 bits per heavy atom. The van der Waals surface area contributed by atoms with Crippen LogP contribution in [0.25, 0.3) is 11.3 Å². The zero-order valence-electron chi connectivity index (χ0n) is 14.9. The average Bonchev–Trinajstić information content (AvgIpc) is 2.63. The van der Waals surface area contributed by atoms with Crippen molar-refractivity contribution >= 4 is 0 Å². The molecule has 1 fully saturated rings.